The first-order valence-electron chi connectivity index (χ1n) is 4.92. The molecule has 0 aliphatic heterocycles. The molecule has 0 spiro atoms. The van der Waals surface area contributed by atoms with Gasteiger partial charge in [-0.25, -0.2) is 4.98 Å². The number of hydrogen-bond donors (Lipinski definition) is 3. The summed E-state index contributed by atoms with van der Waals surface area (Å²) >= 11 is 0. The summed E-state index contributed by atoms with van der Waals surface area (Å²) in [6, 6.07) is 0. The number of anilines is 2. The molecule has 0 saturated heterocycles. The second-order valence-corrected chi connectivity index (χ2v) is 4.22. The highest BCUT2D eigenvalue weighted by atomic mass is 16.3. The largest absolute Gasteiger partial charge is 0.396 e. The van der Waals surface area contributed by atoms with Crippen molar-refractivity contribution in [1.29, 1.82) is 0 Å². The van der Waals surface area contributed by atoms with Crippen LogP contribution in [0.4, 0.5) is 11.6 Å². The molecule has 5 heteroatoms. The SMILES string of the molecule is CNc1cncc(NCC(C)(C)CO)n1. The minimum Gasteiger partial charge on any atom is -0.396 e. The lowest BCUT2D eigenvalue weighted by molar-refractivity contribution is 0.170. The van der Waals surface area contributed by atoms with Crippen LogP contribution in [0.15, 0.2) is 12.4 Å². The van der Waals surface area contributed by atoms with Gasteiger partial charge in [0, 0.05) is 25.6 Å². The van der Waals surface area contributed by atoms with Crippen LogP contribution >= 0.6 is 0 Å². The Bertz CT molecular complexity index is 314. The van der Waals surface area contributed by atoms with Crippen molar-refractivity contribution in [2.75, 3.05) is 30.8 Å². The summed E-state index contributed by atoms with van der Waals surface area (Å²) in [7, 11) is 1.80. The summed E-state index contributed by atoms with van der Waals surface area (Å²) in [5.74, 6) is 1.44. The Hall–Kier alpha value is -1.36. The number of nitrogens with zero attached hydrogens (tertiary/aromatic N) is 2. The number of rotatable bonds is 5. The van der Waals surface area contributed by atoms with Gasteiger partial charge in [0.15, 0.2) is 0 Å². The number of aliphatic hydroxyl groups excluding tert-OH is 1. The quantitative estimate of drug-likeness (QED) is 0.675. The number of aromatic nitrogens is 2. The summed E-state index contributed by atoms with van der Waals surface area (Å²) in [5, 5.41) is 15.1. The van der Waals surface area contributed by atoms with Gasteiger partial charge in [-0.3, -0.25) is 4.98 Å². The van der Waals surface area contributed by atoms with Gasteiger partial charge in [0.2, 0.25) is 0 Å². The van der Waals surface area contributed by atoms with Gasteiger partial charge in [-0.2, -0.15) is 0 Å². The van der Waals surface area contributed by atoms with Gasteiger partial charge in [0.25, 0.3) is 0 Å². The van der Waals surface area contributed by atoms with Crippen LogP contribution in [0.5, 0.6) is 0 Å². The predicted octanol–water partition coefficient (Wildman–Crippen LogP) is 0.949. The Morgan fingerprint density at radius 3 is 2.60 bits per heavy atom. The van der Waals surface area contributed by atoms with E-state index in [9.17, 15) is 0 Å². The lowest BCUT2D eigenvalue weighted by atomic mass is 9.95. The smallest absolute Gasteiger partial charge is 0.146 e. The maximum Gasteiger partial charge on any atom is 0.146 e. The molecule has 1 rings (SSSR count). The minimum absolute atomic E-state index is 0.138. The molecule has 0 unspecified atom stereocenters. The van der Waals surface area contributed by atoms with Crippen LogP contribution in [0, 0.1) is 5.41 Å². The van der Waals surface area contributed by atoms with Gasteiger partial charge in [-0.1, -0.05) is 13.8 Å². The van der Waals surface area contributed by atoms with Crippen molar-refractivity contribution in [3.05, 3.63) is 12.4 Å². The van der Waals surface area contributed by atoms with Crippen molar-refractivity contribution in [3.8, 4) is 0 Å². The van der Waals surface area contributed by atoms with E-state index in [-0.39, 0.29) is 12.0 Å². The molecule has 0 aliphatic carbocycles. The monoisotopic (exact) mass is 210 g/mol. The zero-order valence-corrected chi connectivity index (χ0v) is 9.41. The van der Waals surface area contributed by atoms with Crippen LogP contribution in [0.1, 0.15) is 13.8 Å². The standard InChI is InChI=1S/C10H18N4O/c1-10(2,7-15)6-13-9-5-12-4-8(11-3)14-9/h4-5,15H,6-7H2,1-3H3,(H2,11,13,14). The second kappa shape index (κ2) is 4.93. The Morgan fingerprint density at radius 1 is 1.33 bits per heavy atom. The average molecular weight is 210 g/mol. The highest BCUT2D eigenvalue weighted by molar-refractivity contribution is 5.41. The Balaban J connectivity index is 2.57. The van der Waals surface area contributed by atoms with Gasteiger partial charge in [0.05, 0.1) is 12.4 Å². The van der Waals surface area contributed by atoms with Crippen molar-refractivity contribution in [2.24, 2.45) is 5.41 Å². The molecule has 3 N–H and O–H groups in total. The van der Waals surface area contributed by atoms with E-state index in [4.69, 9.17) is 5.11 Å². The Labute approximate surface area is 90.0 Å². The third-order valence-electron chi connectivity index (χ3n) is 2.07. The zero-order valence-electron chi connectivity index (χ0n) is 9.41. The van der Waals surface area contributed by atoms with Crippen molar-refractivity contribution >= 4 is 11.6 Å². The molecule has 0 saturated carbocycles. The molecule has 0 amide bonds. The highest BCUT2D eigenvalue weighted by Crippen LogP contribution is 2.14. The summed E-state index contributed by atoms with van der Waals surface area (Å²) in [6.45, 7) is 4.76. The van der Waals surface area contributed by atoms with Crippen LogP contribution in [0.2, 0.25) is 0 Å². The average Bonchev–Trinajstić information content (AvgIpc) is 2.27. The van der Waals surface area contributed by atoms with E-state index in [1.165, 1.54) is 0 Å². The van der Waals surface area contributed by atoms with Crippen molar-refractivity contribution < 1.29 is 5.11 Å². The molecule has 5 nitrogen and oxygen atoms in total. The van der Waals surface area contributed by atoms with Crippen molar-refractivity contribution in [2.45, 2.75) is 13.8 Å². The molecule has 0 aromatic carbocycles. The molecule has 0 bridgehead atoms. The fourth-order valence-electron chi connectivity index (χ4n) is 0.957. The Kier molecular flexibility index (Phi) is 3.85. The molecule has 0 aliphatic rings. The molecular formula is C10H18N4O. The minimum atomic E-state index is -0.155. The third kappa shape index (κ3) is 3.71. The topological polar surface area (TPSA) is 70.1 Å². The Morgan fingerprint density at radius 2 is 2.00 bits per heavy atom. The van der Waals surface area contributed by atoms with E-state index < -0.39 is 0 Å². The molecule has 0 fully saturated rings. The van der Waals surface area contributed by atoms with Gasteiger partial charge >= 0.3 is 0 Å². The van der Waals surface area contributed by atoms with Gasteiger partial charge in [0.1, 0.15) is 11.6 Å². The maximum atomic E-state index is 9.08. The summed E-state index contributed by atoms with van der Waals surface area (Å²) in [6.07, 6.45) is 3.32. The van der Waals surface area contributed by atoms with E-state index in [2.05, 4.69) is 20.6 Å². The summed E-state index contributed by atoms with van der Waals surface area (Å²) in [5.41, 5.74) is -0.155. The lowest BCUT2D eigenvalue weighted by Gasteiger charge is -2.22. The van der Waals surface area contributed by atoms with Crippen molar-refractivity contribution in [1.82, 2.24) is 9.97 Å². The molecule has 15 heavy (non-hydrogen) atoms. The molecular weight excluding hydrogens is 192 g/mol. The third-order valence-corrected chi connectivity index (χ3v) is 2.07. The zero-order chi connectivity index (χ0) is 11.3. The van der Waals surface area contributed by atoms with E-state index in [0.29, 0.717) is 12.4 Å². The predicted molar refractivity (Wildman–Crippen MR) is 60.9 cm³/mol. The van der Waals surface area contributed by atoms with E-state index in [0.717, 1.165) is 5.82 Å². The van der Waals surface area contributed by atoms with Crippen LogP contribution in [-0.4, -0.2) is 35.3 Å². The molecule has 0 radical (unpaired) electrons. The van der Waals surface area contributed by atoms with Gasteiger partial charge < -0.3 is 15.7 Å². The van der Waals surface area contributed by atoms with Crippen LogP contribution in [0.25, 0.3) is 0 Å². The van der Waals surface area contributed by atoms with Gasteiger partial charge in [-0.05, 0) is 0 Å². The maximum absolute atomic E-state index is 9.08. The lowest BCUT2D eigenvalue weighted by Crippen LogP contribution is -2.27. The van der Waals surface area contributed by atoms with Crippen LogP contribution in [-0.2, 0) is 0 Å². The van der Waals surface area contributed by atoms with E-state index in [1.807, 2.05) is 13.8 Å². The fraction of sp³-hybridized carbons (Fsp3) is 0.600. The first-order valence-corrected chi connectivity index (χ1v) is 4.92. The summed E-state index contributed by atoms with van der Waals surface area (Å²) in [4.78, 5) is 8.29. The highest BCUT2D eigenvalue weighted by Gasteiger charge is 2.16. The summed E-state index contributed by atoms with van der Waals surface area (Å²) < 4.78 is 0. The molecule has 1 heterocycles. The van der Waals surface area contributed by atoms with Crippen molar-refractivity contribution in [3.63, 3.8) is 0 Å². The first kappa shape index (κ1) is 11.7. The van der Waals surface area contributed by atoms with E-state index in [1.54, 1.807) is 19.4 Å². The van der Waals surface area contributed by atoms with Crippen LogP contribution in [0.3, 0.4) is 0 Å². The molecule has 1 aromatic rings. The molecule has 1 aromatic heterocycles. The van der Waals surface area contributed by atoms with Crippen LogP contribution < -0.4 is 10.6 Å². The first-order chi connectivity index (χ1) is 7.07. The fourth-order valence-corrected chi connectivity index (χ4v) is 0.957. The normalized spacial score (nSPS) is 11.2. The molecule has 0 atom stereocenters. The number of hydrogen-bond acceptors (Lipinski definition) is 5. The molecule has 84 valence electrons. The van der Waals surface area contributed by atoms with E-state index >= 15 is 0 Å². The second-order valence-electron chi connectivity index (χ2n) is 4.22. The number of nitrogens with one attached hydrogen (secondary N) is 2. The number of aliphatic hydroxyl groups is 1. The van der Waals surface area contributed by atoms with Gasteiger partial charge in [-0.15, -0.1) is 0 Å².